The molecule has 10 heteroatoms. The Morgan fingerprint density at radius 1 is 0.943 bits per heavy atom. The van der Waals surface area contributed by atoms with Crippen LogP contribution in [-0.2, 0) is 43.5 Å². The molecule has 2 atom stereocenters. The molecule has 0 heterocycles. The average molecular weight is 503 g/mol. The summed E-state index contributed by atoms with van der Waals surface area (Å²) in [6.07, 6.45) is -0.581. The van der Waals surface area contributed by atoms with Gasteiger partial charge < -0.3 is 25.2 Å². The standard InChI is InChI=1S/C25H30N2O7S/c1-17(29)35-13-12-21(27-25(32)34-16-18-8-4-3-5-9-18)23(30)26-22(24(31)33-2)14-19-10-6-7-11-20(19)15-28/h3-11,21-22,28H,12-16H2,1-2H3,(H,26,30)(H,27,32)/t21-,22-/m0/s1. The number of hydrogen-bond donors (Lipinski definition) is 3. The number of alkyl carbamates (subject to hydrolysis) is 1. The second-order valence-electron chi connectivity index (χ2n) is 7.60. The van der Waals surface area contributed by atoms with Gasteiger partial charge in [-0.15, -0.1) is 0 Å². The highest BCUT2D eigenvalue weighted by Crippen LogP contribution is 2.13. The van der Waals surface area contributed by atoms with Gasteiger partial charge in [0.1, 0.15) is 18.7 Å². The topological polar surface area (TPSA) is 131 Å². The third-order valence-corrected chi connectivity index (χ3v) is 5.89. The molecule has 3 N–H and O–H groups in total. The quantitative estimate of drug-likeness (QED) is 0.377. The molecule has 2 aromatic rings. The number of nitrogens with one attached hydrogen (secondary N) is 2. The Morgan fingerprint density at radius 3 is 2.23 bits per heavy atom. The van der Waals surface area contributed by atoms with E-state index in [0.29, 0.717) is 11.1 Å². The van der Waals surface area contributed by atoms with Gasteiger partial charge in [-0.2, -0.15) is 0 Å². The van der Waals surface area contributed by atoms with E-state index < -0.39 is 30.1 Å². The van der Waals surface area contributed by atoms with E-state index in [1.165, 1.54) is 14.0 Å². The van der Waals surface area contributed by atoms with Gasteiger partial charge in [-0.3, -0.25) is 9.59 Å². The Bertz CT molecular complexity index is 1000. The zero-order valence-corrected chi connectivity index (χ0v) is 20.5. The molecule has 0 aliphatic heterocycles. The maximum Gasteiger partial charge on any atom is 0.408 e. The molecule has 0 fully saturated rings. The maximum atomic E-state index is 13.1. The summed E-state index contributed by atoms with van der Waals surface area (Å²) in [7, 11) is 1.21. The number of aliphatic hydroxyl groups excluding tert-OH is 1. The largest absolute Gasteiger partial charge is 0.467 e. The van der Waals surface area contributed by atoms with Crippen LogP contribution in [0.15, 0.2) is 54.6 Å². The monoisotopic (exact) mass is 502 g/mol. The highest BCUT2D eigenvalue weighted by molar-refractivity contribution is 8.13. The van der Waals surface area contributed by atoms with Crippen LogP contribution in [0.5, 0.6) is 0 Å². The molecule has 0 aromatic heterocycles. The second kappa shape index (κ2) is 14.8. The molecule has 2 aromatic carbocycles. The number of esters is 1. The molecule has 0 spiro atoms. The first-order valence-electron chi connectivity index (χ1n) is 11.0. The lowest BCUT2D eigenvalue weighted by molar-refractivity contribution is -0.145. The summed E-state index contributed by atoms with van der Waals surface area (Å²) in [5.74, 6) is -1.01. The van der Waals surface area contributed by atoms with Gasteiger partial charge in [-0.1, -0.05) is 66.4 Å². The maximum absolute atomic E-state index is 13.1. The molecule has 0 radical (unpaired) electrons. The van der Waals surface area contributed by atoms with Gasteiger partial charge in [-0.25, -0.2) is 9.59 Å². The van der Waals surface area contributed by atoms with Crippen molar-refractivity contribution < 1.29 is 33.8 Å². The number of hydrogen-bond acceptors (Lipinski definition) is 8. The van der Waals surface area contributed by atoms with Crippen LogP contribution in [0.2, 0.25) is 0 Å². The fourth-order valence-electron chi connectivity index (χ4n) is 3.24. The molecular formula is C25H30N2O7S. The molecule has 2 rings (SSSR count). The van der Waals surface area contributed by atoms with Crippen LogP contribution in [0.4, 0.5) is 4.79 Å². The van der Waals surface area contributed by atoms with Crippen LogP contribution in [0.3, 0.4) is 0 Å². The van der Waals surface area contributed by atoms with Crippen molar-refractivity contribution in [2.45, 2.75) is 45.1 Å². The van der Waals surface area contributed by atoms with Crippen LogP contribution in [0, 0.1) is 0 Å². The minimum absolute atomic E-state index is 0.0198. The molecule has 0 saturated heterocycles. The van der Waals surface area contributed by atoms with Crippen molar-refractivity contribution in [3.63, 3.8) is 0 Å². The summed E-state index contributed by atoms with van der Waals surface area (Å²) in [4.78, 5) is 49.2. The van der Waals surface area contributed by atoms with E-state index in [9.17, 15) is 24.3 Å². The lowest BCUT2D eigenvalue weighted by atomic mass is 10.00. The average Bonchev–Trinajstić information content (AvgIpc) is 2.86. The molecule has 35 heavy (non-hydrogen) atoms. The number of carbonyl (C=O) groups excluding carboxylic acids is 4. The summed E-state index contributed by atoms with van der Waals surface area (Å²) in [5, 5.41) is 14.6. The third-order valence-electron chi connectivity index (χ3n) is 5.05. The smallest absolute Gasteiger partial charge is 0.408 e. The number of rotatable bonds is 12. The third kappa shape index (κ3) is 9.79. The van der Waals surface area contributed by atoms with Crippen molar-refractivity contribution in [3.8, 4) is 0 Å². The lowest BCUT2D eigenvalue weighted by Gasteiger charge is -2.22. The predicted molar refractivity (Wildman–Crippen MR) is 131 cm³/mol. The molecule has 0 aliphatic rings. The molecule has 0 unspecified atom stereocenters. The summed E-state index contributed by atoms with van der Waals surface area (Å²) >= 11 is 1.02. The van der Waals surface area contributed by atoms with Gasteiger partial charge in [0.05, 0.1) is 13.7 Å². The number of ether oxygens (including phenoxy) is 2. The van der Waals surface area contributed by atoms with Crippen LogP contribution < -0.4 is 10.6 Å². The molecule has 9 nitrogen and oxygen atoms in total. The van der Waals surface area contributed by atoms with Crippen molar-refractivity contribution in [1.29, 1.82) is 0 Å². The van der Waals surface area contributed by atoms with Crippen LogP contribution >= 0.6 is 11.8 Å². The lowest BCUT2D eigenvalue weighted by Crippen LogP contribution is -2.52. The molecule has 188 valence electrons. The Kier molecular flexibility index (Phi) is 11.8. The van der Waals surface area contributed by atoms with E-state index in [1.807, 2.05) is 18.2 Å². The Labute approximate surface area is 208 Å². The van der Waals surface area contributed by atoms with E-state index in [2.05, 4.69) is 10.6 Å². The fraction of sp³-hybridized carbons (Fsp3) is 0.360. The summed E-state index contributed by atoms with van der Waals surface area (Å²) < 4.78 is 10.1. The minimum Gasteiger partial charge on any atom is -0.467 e. The zero-order valence-electron chi connectivity index (χ0n) is 19.7. The van der Waals surface area contributed by atoms with Crippen molar-refractivity contribution in [2.24, 2.45) is 0 Å². The number of benzene rings is 2. The second-order valence-corrected chi connectivity index (χ2v) is 8.87. The number of aliphatic hydroxyl groups is 1. The minimum atomic E-state index is -1.05. The number of thioether (sulfide) groups is 1. The number of methoxy groups -OCH3 is 1. The molecule has 2 amide bonds. The van der Waals surface area contributed by atoms with Crippen LogP contribution in [0.1, 0.15) is 30.0 Å². The van der Waals surface area contributed by atoms with Gasteiger partial charge in [0.2, 0.25) is 5.91 Å². The first-order valence-corrected chi connectivity index (χ1v) is 12.0. The molecule has 0 bridgehead atoms. The first kappa shape index (κ1) is 27.9. The van der Waals surface area contributed by atoms with Crippen molar-refractivity contribution >= 4 is 34.8 Å². The Morgan fingerprint density at radius 2 is 1.60 bits per heavy atom. The van der Waals surface area contributed by atoms with E-state index >= 15 is 0 Å². The van der Waals surface area contributed by atoms with Crippen molar-refractivity contribution in [3.05, 3.63) is 71.3 Å². The summed E-state index contributed by atoms with van der Waals surface area (Å²) in [6.45, 7) is 1.21. The van der Waals surface area contributed by atoms with E-state index in [0.717, 1.165) is 17.3 Å². The summed E-state index contributed by atoms with van der Waals surface area (Å²) in [6, 6.07) is 13.9. The van der Waals surface area contributed by atoms with E-state index in [4.69, 9.17) is 9.47 Å². The highest BCUT2D eigenvalue weighted by Gasteiger charge is 2.28. The van der Waals surface area contributed by atoms with Crippen LogP contribution in [0.25, 0.3) is 0 Å². The predicted octanol–water partition coefficient (Wildman–Crippen LogP) is 2.34. The van der Waals surface area contributed by atoms with E-state index in [1.54, 1.807) is 36.4 Å². The van der Waals surface area contributed by atoms with Crippen molar-refractivity contribution in [1.82, 2.24) is 10.6 Å². The van der Waals surface area contributed by atoms with Gasteiger partial charge in [0.15, 0.2) is 5.12 Å². The number of amides is 2. The zero-order chi connectivity index (χ0) is 25.6. The van der Waals surface area contributed by atoms with Gasteiger partial charge >= 0.3 is 12.1 Å². The Hall–Kier alpha value is -3.37. The van der Waals surface area contributed by atoms with Gasteiger partial charge in [0.25, 0.3) is 0 Å². The van der Waals surface area contributed by atoms with E-state index in [-0.39, 0.29) is 36.9 Å². The summed E-state index contributed by atoms with van der Waals surface area (Å²) in [5.41, 5.74) is 2.07. The Balaban J connectivity index is 2.09. The highest BCUT2D eigenvalue weighted by atomic mass is 32.2. The molecule has 0 aliphatic carbocycles. The van der Waals surface area contributed by atoms with Crippen LogP contribution in [-0.4, -0.2) is 53.1 Å². The molecule has 0 saturated carbocycles. The normalized spacial score (nSPS) is 12.2. The first-order chi connectivity index (χ1) is 16.8. The molecular weight excluding hydrogens is 472 g/mol. The van der Waals surface area contributed by atoms with Crippen molar-refractivity contribution in [2.75, 3.05) is 12.9 Å². The van der Waals surface area contributed by atoms with Gasteiger partial charge in [0, 0.05) is 19.1 Å². The number of carbonyl (C=O) groups is 4. The fourth-order valence-corrected chi connectivity index (χ4v) is 3.88. The SMILES string of the molecule is COC(=O)[C@H](Cc1ccccc1CO)NC(=O)[C@H](CCSC(C)=O)NC(=O)OCc1ccccc1. The van der Waals surface area contributed by atoms with Gasteiger partial charge in [-0.05, 0) is 23.1 Å².